The van der Waals surface area contributed by atoms with E-state index in [4.69, 9.17) is 11.6 Å². The molecule has 0 N–H and O–H groups in total. The average Bonchev–Trinajstić information content (AvgIpc) is 2.48. The van der Waals surface area contributed by atoms with Gasteiger partial charge in [-0.1, -0.05) is 17.7 Å². The van der Waals surface area contributed by atoms with Crippen molar-refractivity contribution in [2.75, 3.05) is 4.90 Å². The van der Waals surface area contributed by atoms with Crippen molar-refractivity contribution in [3.63, 3.8) is 0 Å². The first-order valence-electron chi connectivity index (χ1n) is 5.68. The quantitative estimate of drug-likeness (QED) is 0.769. The van der Waals surface area contributed by atoms with Crippen molar-refractivity contribution >= 4 is 29.0 Å². The molecule has 0 aliphatic carbocycles. The molecular weight excluding hydrogens is 250 g/mol. The zero-order valence-corrected chi connectivity index (χ0v) is 11.1. The lowest BCUT2D eigenvalue weighted by atomic mass is 9.91. The molecule has 0 radical (unpaired) electrons. The Labute approximate surface area is 111 Å². The summed E-state index contributed by atoms with van der Waals surface area (Å²) in [6, 6.07) is 4.99. The fraction of sp³-hybridized carbons (Fsp3) is 0.286. The summed E-state index contributed by atoms with van der Waals surface area (Å²) in [6.07, 6.45) is 2.07. The van der Waals surface area contributed by atoms with E-state index >= 15 is 0 Å². The number of hydrogen-bond donors (Lipinski definition) is 0. The Bertz CT molecular complexity index is 553. The van der Waals surface area contributed by atoms with Crippen molar-refractivity contribution in [2.24, 2.45) is 0 Å². The number of fused-ring (bicyclic) bond motifs is 1. The first kappa shape index (κ1) is 12.8. The van der Waals surface area contributed by atoms with E-state index < -0.39 is 5.54 Å². The number of ketones is 1. The van der Waals surface area contributed by atoms with Gasteiger partial charge in [0.25, 0.3) is 0 Å². The van der Waals surface area contributed by atoms with Crippen LogP contribution in [0, 0.1) is 0 Å². The molecule has 1 heterocycles. The van der Waals surface area contributed by atoms with Gasteiger partial charge in [-0.05, 0) is 31.5 Å². The van der Waals surface area contributed by atoms with E-state index in [9.17, 15) is 9.59 Å². The summed E-state index contributed by atoms with van der Waals surface area (Å²) in [5, 5.41) is 0.510. The van der Waals surface area contributed by atoms with Gasteiger partial charge in [0.15, 0.2) is 5.78 Å². The minimum Gasteiger partial charge on any atom is -0.298 e. The highest BCUT2D eigenvalue weighted by Gasteiger charge is 2.48. The molecule has 1 aliphatic rings. The second kappa shape index (κ2) is 4.25. The van der Waals surface area contributed by atoms with Gasteiger partial charge < -0.3 is 0 Å². The number of rotatable bonds is 2. The lowest BCUT2D eigenvalue weighted by Gasteiger charge is -2.32. The summed E-state index contributed by atoms with van der Waals surface area (Å²) < 4.78 is 0. The first-order chi connectivity index (χ1) is 8.41. The van der Waals surface area contributed by atoms with Gasteiger partial charge in [0.1, 0.15) is 5.54 Å². The molecule has 0 saturated heterocycles. The Morgan fingerprint density at radius 2 is 2.22 bits per heavy atom. The molecular formula is C14H14ClNO2. The Morgan fingerprint density at radius 1 is 1.56 bits per heavy atom. The number of amides is 1. The van der Waals surface area contributed by atoms with E-state index in [0.29, 0.717) is 22.7 Å². The highest BCUT2D eigenvalue weighted by atomic mass is 35.5. The van der Waals surface area contributed by atoms with Gasteiger partial charge in [0.05, 0.1) is 5.69 Å². The molecule has 2 rings (SSSR count). The summed E-state index contributed by atoms with van der Waals surface area (Å²) in [7, 11) is 0. The maximum atomic E-state index is 12.4. The summed E-state index contributed by atoms with van der Waals surface area (Å²) >= 11 is 5.94. The van der Waals surface area contributed by atoms with E-state index in [1.54, 1.807) is 31.2 Å². The normalized spacial score (nSPS) is 21.9. The van der Waals surface area contributed by atoms with E-state index in [0.717, 1.165) is 0 Å². The third-order valence-corrected chi connectivity index (χ3v) is 3.52. The number of benzene rings is 1. The third-order valence-electron chi connectivity index (χ3n) is 3.28. The molecule has 0 spiro atoms. The zero-order valence-electron chi connectivity index (χ0n) is 10.4. The second-order valence-electron chi connectivity index (χ2n) is 4.61. The SMILES string of the molecule is C=CC[C@@]1(C)C(=O)c2ccc(Cl)cc2N1C(C)=O. The molecule has 1 amide bonds. The largest absolute Gasteiger partial charge is 0.298 e. The Hall–Kier alpha value is -1.61. The van der Waals surface area contributed by atoms with Crippen LogP contribution in [0.25, 0.3) is 0 Å². The number of anilines is 1. The molecule has 0 saturated carbocycles. The van der Waals surface area contributed by atoms with Gasteiger partial charge in [-0.15, -0.1) is 6.58 Å². The maximum Gasteiger partial charge on any atom is 0.224 e. The predicted molar refractivity (Wildman–Crippen MR) is 72.2 cm³/mol. The van der Waals surface area contributed by atoms with Gasteiger partial charge in [-0.3, -0.25) is 14.5 Å². The summed E-state index contributed by atoms with van der Waals surface area (Å²) in [4.78, 5) is 25.8. The minimum absolute atomic E-state index is 0.0655. The Kier molecular flexibility index (Phi) is 3.03. The van der Waals surface area contributed by atoms with Gasteiger partial charge in [-0.2, -0.15) is 0 Å². The predicted octanol–water partition coefficient (Wildman–Crippen LogP) is 3.22. The number of carbonyl (C=O) groups excluding carboxylic acids is 2. The fourth-order valence-electron chi connectivity index (χ4n) is 2.52. The van der Waals surface area contributed by atoms with E-state index in [1.165, 1.54) is 11.8 Å². The minimum atomic E-state index is -0.888. The second-order valence-corrected chi connectivity index (χ2v) is 5.05. The van der Waals surface area contributed by atoms with Crippen LogP contribution in [0.3, 0.4) is 0 Å². The summed E-state index contributed by atoms with van der Waals surface area (Å²) in [5.74, 6) is -0.238. The van der Waals surface area contributed by atoms with Crippen LogP contribution >= 0.6 is 11.6 Å². The topological polar surface area (TPSA) is 37.4 Å². The Balaban J connectivity index is 2.66. The van der Waals surface area contributed by atoms with Gasteiger partial charge in [0.2, 0.25) is 5.91 Å². The highest BCUT2D eigenvalue weighted by Crippen LogP contribution is 2.42. The molecule has 0 unspecified atom stereocenters. The highest BCUT2D eigenvalue weighted by molar-refractivity contribution is 6.32. The maximum absolute atomic E-state index is 12.4. The van der Waals surface area contributed by atoms with Crippen molar-refractivity contribution in [3.8, 4) is 0 Å². The number of Topliss-reactive ketones (excluding diaryl/α,β-unsaturated/α-hetero) is 1. The fourth-order valence-corrected chi connectivity index (χ4v) is 2.69. The molecule has 1 atom stereocenters. The third kappa shape index (κ3) is 1.66. The Morgan fingerprint density at radius 3 is 2.78 bits per heavy atom. The van der Waals surface area contributed by atoms with Crippen LogP contribution in [0.15, 0.2) is 30.9 Å². The van der Waals surface area contributed by atoms with E-state index in [2.05, 4.69) is 6.58 Å². The standard InChI is InChI=1S/C14H14ClNO2/c1-4-7-14(3)13(18)11-6-5-10(15)8-12(11)16(14)9(2)17/h4-6,8H,1,7H2,2-3H3/t14-/m0/s1. The van der Waals surface area contributed by atoms with Crippen LogP contribution in [-0.4, -0.2) is 17.2 Å². The molecule has 1 aromatic rings. The molecule has 1 aliphatic heterocycles. The molecule has 94 valence electrons. The zero-order chi connectivity index (χ0) is 13.5. The van der Waals surface area contributed by atoms with Crippen LogP contribution < -0.4 is 4.90 Å². The summed E-state index contributed by atoms with van der Waals surface area (Å²) in [5.41, 5.74) is 0.240. The van der Waals surface area contributed by atoms with E-state index in [1.807, 2.05) is 0 Å². The van der Waals surface area contributed by atoms with E-state index in [-0.39, 0.29) is 11.7 Å². The summed E-state index contributed by atoms with van der Waals surface area (Å²) in [6.45, 7) is 6.87. The molecule has 0 aromatic heterocycles. The molecule has 1 aromatic carbocycles. The van der Waals surface area contributed by atoms with Gasteiger partial charge in [-0.25, -0.2) is 0 Å². The smallest absolute Gasteiger partial charge is 0.224 e. The van der Waals surface area contributed by atoms with Crippen molar-refractivity contribution < 1.29 is 9.59 Å². The van der Waals surface area contributed by atoms with Crippen LogP contribution in [-0.2, 0) is 4.79 Å². The van der Waals surface area contributed by atoms with Crippen LogP contribution in [0.1, 0.15) is 30.6 Å². The molecule has 0 bridgehead atoms. The van der Waals surface area contributed by atoms with Crippen LogP contribution in [0.2, 0.25) is 5.02 Å². The molecule has 18 heavy (non-hydrogen) atoms. The van der Waals surface area contributed by atoms with Crippen molar-refractivity contribution in [1.82, 2.24) is 0 Å². The number of nitrogens with zero attached hydrogens (tertiary/aromatic N) is 1. The van der Waals surface area contributed by atoms with Crippen LogP contribution in [0.5, 0.6) is 0 Å². The number of hydrogen-bond acceptors (Lipinski definition) is 2. The van der Waals surface area contributed by atoms with Crippen molar-refractivity contribution in [1.29, 1.82) is 0 Å². The molecule has 3 nitrogen and oxygen atoms in total. The lowest BCUT2D eigenvalue weighted by Crippen LogP contribution is -2.49. The lowest BCUT2D eigenvalue weighted by molar-refractivity contribution is -0.117. The van der Waals surface area contributed by atoms with Gasteiger partial charge in [0, 0.05) is 17.5 Å². The number of halogens is 1. The molecule has 4 heteroatoms. The first-order valence-corrected chi connectivity index (χ1v) is 6.05. The van der Waals surface area contributed by atoms with Gasteiger partial charge >= 0.3 is 0 Å². The van der Waals surface area contributed by atoms with Crippen molar-refractivity contribution in [3.05, 3.63) is 41.4 Å². The molecule has 0 fully saturated rings. The number of carbonyl (C=O) groups is 2. The average molecular weight is 264 g/mol. The van der Waals surface area contributed by atoms with Crippen LogP contribution in [0.4, 0.5) is 5.69 Å². The van der Waals surface area contributed by atoms with Crippen molar-refractivity contribution in [2.45, 2.75) is 25.8 Å². The monoisotopic (exact) mass is 263 g/mol.